The van der Waals surface area contributed by atoms with E-state index in [1.54, 1.807) is 5.01 Å². The Hall–Kier alpha value is -2.83. The highest BCUT2D eigenvalue weighted by Crippen LogP contribution is 2.17. The summed E-state index contributed by atoms with van der Waals surface area (Å²) in [5.41, 5.74) is 2.16. The third kappa shape index (κ3) is 10.6. The molecular weight excluding hydrogens is 380 g/mol. The van der Waals surface area contributed by atoms with Gasteiger partial charge >= 0.3 is 6.09 Å². The summed E-state index contributed by atoms with van der Waals surface area (Å²) in [4.78, 5) is 12.1. The molecule has 1 aromatic rings. The summed E-state index contributed by atoms with van der Waals surface area (Å²) in [5, 5.41) is 12.9. The number of hydrogen-bond acceptors (Lipinski definition) is 5. The van der Waals surface area contributed by atoms with E-state index in [9.17, 15) is 4.79 Å². The maximum absolute atomic E-state index is 12.1. The van der Waals surface area contributed by atoms with Gasteiger partial charge in [-0.3, -0.25) is 5.01 Å². The SMILES string of the molecule is CC/C(CNC(=O)OC(C)(C)C)=C(\C=C(/C)N=NN(C)CC)OCc1ccccc1. The van der Waals surface area contributed by atoms with Gasteiger partial charge in [-0.05, 0) is 52.2 Å². The maximum atomic E-state index is 12.1. The Morgan fingerprint density at radius 2 is 1.87 bits per heavy atom. The van der Waals surface area contributed by atoms with Crippen LogP contribution in [0.1, 0.15) is 53.5 Å². The molecule has 1 aromatic carbocycles. The number of benzene rings is 1. The van der Waals surface area contributed by atoms with Gasteiger partial charge in [0.1, 0.15) is 18.0 Å². The quantitative estimate of drug-likeness (QED) is 0.233. The fraction of sp³-hybridized carbons (Fsp3) is 0.522. The van der Waals surface area contributed by atoms with Crippen molar-refractivity contribution in [2.45, 2.75) is 60.2 Å². The van der Waals surface area contributed by atoms with Gasteiger partial charge in [-0.25, -0.2) is 4.79 Å². The van der Waals surface area contributed by atoms with Crippen LogP contribution in [0, 0.1) is 0 Å². The molecule has 0 fully saturated rings. The monoisotopic (exact) mass is 416 g/mol. The molecule has 7 nitrogen and oxygen atoms in total. The maximum Gasteiger partial charge on any atom is 0.407 e. The van der Waals surface area contributed by atoms with Gasteiger partial charge in [-0.1, -0.05) is 42.5 Å². The smallest absolute Gasteiger partial charge is 0.407 e. The number of alkyl carbamates (subject to hydrolysis) is 1. The van der Waals surface area contributed by atoms with Crippen molar-refractivity contribution in [3.05, 3.63) is 59.0 Å². The molecule has 0 heterocycles. The zero-order valence-electron chi connectivity index (χ0n) is 19.4. The molecule has 0 radical (unpaired) electrons. The molecule has 0 aliphatic carbocycles. The number of nitrogens with zero attached hydrogens (tertiary/aromatic N) is 3. The van der Waals surface area contributed by atoms with Crippen molar-refractivity contribution in [1.29, 1.82) is 0 Å². The predicted octanol–water partition coefficient (Wildman–Crippen LogP) is 5.61. The lowest BCUT2D eigenvalue weighted by Crippen LogP contribution is -2.33. The molecular formula is C23H36N4O3. The van der Waals surface area contributed by atoms with Gasteiger partial charge in [-0.15, -0.1) is 5.11 Å². The third-order valence-corrected chi connectivity index (χ3v) is 4.01. The fourth-order valence-corrected chi connectivity index (χ4v) is 2.29. The van der Waals surface area contributed by atoms with Crippen LogP contribution in [0.5, 0.6) is 0 Å². The molecule has 0 aromatic heterocycles. The van der Waals surface area contributed by atoms with Crippen molar-refractivity contribution >= 4 is 6.09 Å². The highest BCUT2D eigenvalue weighted by molar-refractivity contribution is 5.68. The van der Waals surface area contributed by atoms with Crippen LogP contribution in [0.2, 0.25) is 0 Å². The molecule has 0 saturated carbocycles. The summed E-state index contributed by atoms with van der Waals surface area (Å²) >= 11 is 0. The lowest BCUT2D eigenvalue weighted by atomic mass is 10.1. The normalized spacial score (nSPS) is 13.1. The molecule has 0 bridgehead atoms. The van der Waals surface area contributed by atoms with Gasteiger partial charge in [0.2, 0.25) is 0 Å². The number of hydrogen-bond donors (Lipinski definition) is 1. The van der Waals surface area contributed by atoms with Crippen molar-refractivity contribution in [1.82, 2.24) is 10.3 Å². The minimum atomic E-state index is -0.547. The van der Waals surface area contributed by atoms with Crippen LogP contribution in [0.3, 0.4) is 0 Å². The van der Waals surface area contributed by atoms with Crippen molar-refractivity contribution in [2.24, 2.45) is 10.3 Å². The number of carbonyl (C=O) groups is 1. The third-order valence-electron chi connectivity index (χ3n) is 4.01. The van der Waals surface area contributed by atoms with E-state index in [4.69, 9.17) is 9.47 Å². The molecule has 0 saturated heterocycles. The molecule has 0 aliphatic rings. The first kappa shape index (κ1) is 25.2. The van der Waals surface area contributed by atoms with E-state index in [0.29, 0.717) is 31.0 Å². The summed E-state index contributed by atoms with van der Waals surface area (Å²) in [6.45, 7) is 12.9. The first-order valence-corrected chi connectivity index (χ1v) is 10.3. The van der Waals surface area contributed by atoms with Crippen molar-refractivity contribution < 1.29 is 14.3 Å². The summed E-state index contributed by atoms with van der Waals surface area (Å²) < 4.78 is 11.4. The summed E-state index contributed by atoms with van der Waals surface area (Å²) in [6.07, 6.45) is 2.10. The van der Waals surface area contributed by atoms with Crippen LogP contribution in [0.25, 0.3) is 0 Å². The zero-order chi connectivity index (χ0) is 22.6. The molecule has 0 unspecified atom stereocenters. The highest BCUT2D eigenvalue weighted by atomic mass is 16.6. The van der Waals surface area contributed by atoms with Crippen molar-refractivity contribution in [3.8, 4) is 0 Å². The predicted molar refractivity (Wildman–Crippen MR) is 120 cm³/mol. The Balaban J connectivity index is 3.03. The largest absolute Gasteiger partial charge is 0.489 e. The standard InChI is InChI=1S/C23H36N4O3/c1-8-20(16-24-22(28)30-23(4,5)6)21(15-18(3)25-26-27(7)9-2)29-17-19-13-11-10-12-14-19/h10-15H,8-9,16-17H2,1-7H3,(H,24,28)/b18-15+,21-20-,26-25?. The van der Waals surface area contributed by atoms with E-state index in [1.807, 2.05) is 85.0 Å². The molecule has 166 valence electrons. The van der Waals surface area contributed by atoms with Crippen molar-refractivity contribution in [2.75, 3.05) is 20.1 Å². The Bertz CT molecular complexity index is 749. The van der Waals surface area contributed by atoms with E-state index in [0.717, 1.165) is 17.7 Å². The summed E-state index contributed by atoms with van der Waals surface area (Å²) in [7, 11) is 1.86. The Morgan fingerprint density at radius 3 is 2.43 bits per heavy atom. The van der Waals surface area contributed by atoms with Crippen LogP contribution >= 0.6 is 0 Å². The topological polar surface area (TPSA) is 75.5 Å². The fourth-order valence-electron chi connectivity index (χ4n) is 2.29. The number of amides is 1. The van der Waals surface area contributed by atoms with Gasteiger partial charge in [0, 0.05) is 26.2 Å². The van der Waals surface area contributed by atoms with Crippen LogP contribution in [-0.4, -0.2) is 36.8 Å². The van der Waals surface area contributed by atoms with E-state index in [1.165, 1.54) is 0 Å². The summed E-state index contributed by atoms with van der Waals surface area (Å²) in [6, 6.07) is 9.94. The molecule has 1 N–H and O–H groups in total. The van der Waals surface area contributed by atoms with Gasteiger partial charge < -0.3 is 14.8 Å². The number of rotatable bonds is 10. The lowest BCUT2D eigenvalue weighted by Gasteiger charge is -2.20. The Morgan fingerprint density at radius 1 is 1.20 bits per heavy atom. The minimum Gasteiger partial charge on any atom is -0.489 e. The van der Waals surface area contributed by atoms with Crippen LogP contribution < -0.4 is 5.32 Å². The van der Waals surface area contributed by atoms with Crippen molar-refractivity contribution in [3.63, 3.8) is 0 Å². The van der Waals surface area contributed by atoms with E-state index in [-0.39, 0.29) is 0 Å². The number of allylic oxidation sites excluding steroid dienone is 2. The second-order valence-corrected chi connectivity index (χ2v) is 7.90. The van der Waals surface area contributed by atoms with E-state index in [2.05, 4.69) is 15.7 Å². The lowest BCUT2D eigenvalue weighted by molar-refractivity contribution is 0.0531. The molecule has 0 atom stereocenters. The molecule has 7 heteroatoms. The highest BCUT2D eigenvalue weighted by Gasteiger charge is 2.16. The molecule has 1 amide bonds. The van der Waals surface area contributed by atoms with Crippen LogP contribution in [0.15, 0.2) is 63.8 Å². The van der Waals surface area contributed by atoms with E-state index >= 15 is 0 Å². The second-order valence-electron chi connectivity index (χ2n) is 7.90. The zero-order valence-corrected chi connectivity index (χ0v) is 19.4. The first-order valence-electron chi connectivity index (χ1n) is 10.3. The summed E-state index contributed by atoms with van der Waals surface area (Å²) in [5.74, 6) is 0.674. The van der Waals surface area contributed by atoms with Gasteiger partial charge in [0.05, 0.1) is 5.70 Å². The first-order chi connectivity index (χ1) is 14.1. The average Bonchev–Trinajstić information content (AvgIpc) is 2.69. The van der Waals surface area contributed by atoms with E-state index < -0.39 is 11.7 Å². The molecule has 0 aliphatic heterocycles. The second kappa shape index (κ2) is 12.7. The minimum absolute atomic E-state index is 0.325. The Labute approximate surface area is 180 Å². The molecule has 30 heavy (non-hydrogen) atoms. The van der Waals surface area contributed by atoms with Crippen LogP contribution in [-0.2, 0) is 16.1 Å². The van der Waals surface area contributed by atoms with Gasteiger partial charge in [0.25, 0.3) is 0 Å². The average molecular weight is 417 g/mol. The number of carbonyl (C=O) groups excluding carboxylic acids is 1. The number of ether oxygens (including phenoxy) is 2. The molecule has 0 spiro atoms. The van der Waals surface area contributed by atoms with Gasteiger partial charge in [0.15, 0.2) is 0 Å². The van der Waals surface area contributed by atoms with Crippen LogP contribution in [0.4, 0.5) is 4.79 Å². The molecule has 1 rings (SSSR count). The van der Waals surface area contributed by atoms with Gasteiger partial charge in [-0.2, -0.15) is 0 Å². The Kier molecular flexibility index (Phi) is 10.6. The number of nitrogens with one attached hydrogen (secondary N) is 1.